The molecule has 264 valence electrons. The first kappa shape index (κ1) is 34.4. The van der Waals surface area contributed by atoms with Gasteiger partial charge < -0.3 is 39.9 Å². The standard InChI is InChI=1S/C35H46N6O8/c1-22-7-10-25-27(18-22)37-28(19-30(25)48-21-31(43)41-12-3-6-29(41)33(45)36-24-4-2-5-24)32(44)38-26(11-17-42)34(46)39-13-15-40(16-14-39)35(47)49-20-23-8-9-23/h7,10,18-19,23-24,26,29,42H,2-6,8-9,11-17,20-21H2,1H3,(H,36,45)(H,38,44)/t26-,29-/m0/s1. The van der Waals surface area contributed by atoms with Gasteiger partial charge in [0, 0.05) is 56.8 Å². The van der Waals surface area contributed by atoms with Gasteiger partial charge in [0.2, 0.25) is 11.8 Å². The van der Waals surface area contributed by atoms with Crippen molar-refractivity contribution < 1.29 is 38.6 Å². The van der Waals surface area contributed by atoms with Crippen LogP contribution in [0.5, 0.6) is 5.75 Å². The summed E-state index contributed by atoms with van der Waals surface area (Å²) in [4.78, 5) is 74.9. The lowest BCUT2D eigenvalue weighted by molar-refractivity contribution is -0.140. The number of aromatic nitrogens is 1. The maximum atomic E-state index is 13.6. The number of aliphatic hydroxyl groups is 1. The maximum absolute atomic E-state index is 13.6. The van der Waals surface area contributed by atoms with E-state index in [9.17, 15) is 29.1 Å². The molecule has 2 saturated heterocycles. The second kappa shape index (κ2) is 15.4. The van der Waals surface area contributed by atoms with Crippen molar-refractivity contribution in [2.75, 3.05) is 52.5 Å². The lowest BCUT2D eigenvalue weighted by Gasteiger charge is -2.36. The topological polar surface area (TPSA) is 171 Å². The molecular weight excluding hydrogens is 632 g/mol. The number of carbonyl (C=O) groups excluding carboxylic acids is 5. The smallest absolute Gasteiger partial charge is 0.409 e. The summed E-state index contributed by atoms with van der Waals surface area (Å²) in [6.45, 7) is 3.29. The minimum absolute atomic E-state index is 0.00983. The van der Waals surface area contributed by atoms with Gasteiger partial charge in [0.25, 0.3) is 11.8 Å². The second-order valence-electron chi connectivity index (χ2n) is 13.6. The molecule has 2 atom stereocenters. The van der Waals surface area contributed by atoms with Crippen LogP contribution in [0.1, 0.15) is 67.4 Å². The number of pyridine rings is 1. The number of aryl methyl sites for hydroxylation is 1. The third kappa shape index (κ3) is 8.41. The van der Waals surface area contributed by atoms with Crippen molar-refractivity contribution in [1.82, 2.24) is 30.3 Å². The predicted molar refractivity (Wildman–Crippen MR) is 178 cm³/mol. The van der Waals surface area contributed by atoms with Crippen LogP contribution in [0.2, 0.25) is 0 Å². The zero-order chi connectivity index (χ0) is 34.5. The second-order valence-corrected chi connectivity index (χ2v) is 13.6. The van der Waals surface area contributed by atoms with E-state index in [0.717, 1.165) is 44.1 Å². The SMILES string of the molecule is Cc1ccc2c(OCC(=O)N3CCC[C@H]3C(=O)NC3CCC3)cc(C(=O)N[C@@H](CCO)C(=O)N3CCN(C(=O)OCC4CC4)CC3)nc2c1. The van der Waals surface area contributed by atoms with Crippen LogP contribution in [0.3, 0.4) is 0 Å². The van der Waals surface area contributed by atoms with Gasteiger partial charge in [0.1, 0.15) is 23.5 Å². The Balaban J connectivity index is 1.10. The summed E-state index contributed by atoms with van der Waals surface area (Å²) in [6.07, 6.45) is 6.12. The van der Waals surface area contributed by atoms with Crippen LogP contribution in [-0.2, 0) is 19.1 Å². The molecule has 4 aliphatic rings. The van der Waals surface area contributed by atoms with Crippen LogP contribution in [-0.4, -0.2) is 125 Å². The summed E-state index contributed by atoms with van der Waals surface area (Å²) in [6, 6.07) is 5.56. The molecular formula is C35H46N6O8. The first-order valence-electron chi connectivity index (χ1n) is 17.5. The number of likely N-dealkylation sites (tertiary alicyclic amines) is 1. The molecule has 5 amide bonds. The van der Waals surface area contributed by atoms with Crippen molar-refractivity contribution in [3.8, 4) is 5.75 Å². The van der Waals surface area contributed by atoms with Gasteiger partial charge in [-0.2, -0.15) is 0 Å². The number of nitrogens with zero attached hydrogens (tertiary/aromatic N) is 4. The number of fused-ring (bicyclic) bond motifs is 1. The molecule has 2 saturated carbocycles. The molecule has 6 rings (SSSR count). The Bertz CT molecular complexity index is 1570. The average molecular weight is 679 g/mol. The summed E-state index contributed by atoms with van der Waals surface area (Å²) < 4.78 is 11.4. The molecule has 0 bridgehead atoms. The lowest BCUT2D eigenvalue weighted by atomic mass is 9.93. The monoisotopic (exact) mass is 678 g/mol. The average Bonchev–Trinajstić information content (AvgIpc) is 3.79. The van der Waals surface area contributed by atoms with Crippen LogP contribution >= 0.6 is 0 Å². The van der Waals surface area contributed by atoms with Crippen molar-refractivity contribution >= 4 is 40.6 Å². The van der Waals surface area contributed by atoms with Crippen LogP contribution in [0.15, 0.2) is 24.3 Å². The Morgan fingerprint density at radius 2 is 1.71 bits per heavy atom. The Kier molecular flexibility index (Phi) is 10.8. The first-order chi connectivity index (χ1) is 23.7. The first-order valence-corrected chi connectivity index (χ1v) is 17.5. The van der Waals surface area contributed by atoms with Crippen molar-refractivity contribution in [3.63, 3.8) is 0 Å². The summed E-state index contributed by atoms with van der Waals surface area (Å²) in [7, 11) is 0. The maximum Gasteiger partial charge on any atom is 0.409 e. The molecule has 14 heteroatoms. The van der Waals surface area contributed by atoms with Gasteiger partial charge in [-0.25, -0.2) is 9.78 Å². The normalized spacial score (nSPS) is 20.0. The van der Waals surface area contributed by atoms with E-state index in [4.69, 9.17) is 9.47 Å². The van der Waals surface area contributed by atoms with Gasteiger partial charge in [0.05, 0.1) is 12.1 Å². The summed E-state index contributed by atoms with van der Waals surface area (Å²) in [5.74, 6) is -0.722. The fraction of sp³-hybridized carbons (Fsp3) is 0.600. The van der Waals surface area contributed by atoms with Crippen LogP contribution in [0.4, 0.5) is 4.79 Å². The van der Waals surface area contributed by atoms with Gasteiger partial charge >= 0.3 is 6.09 Å². The fourth-order valence-electron chi connectivity index (χ4n) is 6.47. The Morgan fingerprint density at radius 3 is 2.41 bits per heavy atom. The molecule has 0 radical (unpaired) electrons. The molecule has 1 aromatic carbocycles. The summed E-state index contributed by atoms with van der Waals surface area (Å²) >= 11 is 0. The number of benzene rings is 1. The number of piperazine rings is 1. The molecule has 3 N–H and O–H groups in total. The number of nitrogens with one attached hydrogen (secondary N) is 2. The number of carbonyl (C=O) groups is 5. The van der Waals surface area contributed by atoms with Crippen molar-refractivity contribution in [2.24, 2.45) is 5.92 Å². The van der Waals surface area contributed by atoms with Crippen molar-refractivity contribution in [2.45, 2.75) is 76.4 Å². The molecule has 0 unspecified atom stereocenters. The molecule has 3 heterocycles. The van der Waals surface area contributed by atoms with Gasteiger partial charge in [-0.3, -0.25) is 19.2 Å². The van der Waals surface area contributed by atoms with E-state index < -0.39 is 18.0 Å². The molecule has 2 aliphatic carbocycles. The summed E-state index contributed by atoms with van der Waals surface area (Å²) in [5, 5.41) is 16.1. The third-order valence-corrected chi connectivity index (χ3v) is 9.85. The number of amides is 5. The molecule has 14 nitrogen and oxygen atoms in total. The van der Waals surface area contributed by atoms with Crippen molar-refractivity contribution in [3.05, 3.63) is 35.5 Å². The van der Waals surface area contributed by atoms with Crippen LogP contribution < -0.4 is 15.4 Å². The minimum atomic E-state index is -1.02. The quantitative estimate of drug-likeness (QED) is 0.303. The van der Waals surface area contributed by atoms with Gasteiger partial charge in [-0.05, 0) is 81.9 Å². The molecule has 2 aliphatic heterocycles. The number of rotatable bonds is 12. The van der Waals surface area contributed by atoms with E-state index in [1.165, 1.54) is 6.07 Å². The van der Waals surface area contributed by atoms with E-state index >= 15 is 0 Å². The summed E-state index contributed by atoms with van der Waals surface area (Å²) in [5.41, 5.74) is 1.36. The fourth-order valence-corrected chi connectivity index (χ4v) is 6.47. The van der Waals surface area contributed by atoms with Gasteiger partial charge in [-0.1, -0.05) is 6.07 Å². The van der Waals surface area contributed by atoms with Gasteiger partial charge in [-0.15, -0.1) is 0 Å². The lowest BCUT2D eigenvalue weighted by Crippen LogP contribution is -2.56. The van der Waals surface area contributed by atoms with E-state index in [0.29, 0.717) is 49.5 Å². The molecule has 0 spiro atoms. The number of hydrogen-bond donors (Lipinski definition) is 3. The minimum Gasteiger partial charge on any atom is -0.483 e. The number of ether oxygens (including phenoxy) is 2. The Hall–Kier alpha value is -4.46. The molecule has 1 aromatic heterocycles. The zero-order valence-corrected chi connectivity index (χ0v) is 28.0. The molecule has 49 heavy (non-hydrogen) atoms. The van der Waals surface area contributed by atoms with E-state index in [1.807, 2.05) is 19.1 Å². The number of aliphatic hydroxyl groups excluding tert-OH is 1. The van der Waals surface area contributed by atoms with E-state index in [2.05, 4.69) is 15.6 Å². The zero-order valence-electron chi connectivity index (χ0n) is 28.0. The van der Waals surface area contributed by atoms with E-state index in [1.54, 1.807) is 20.8 Å². The highest BCUT2D eigenvalue weighted by Gasteiger charge is 2.36. The van der Waals surface area contributed by atoms with Crippen LogP contribution in [0, 0.1) is 12.8 Å². The highest BCUT2D eigenvalue weighted by Crippen LogP contribution is 2.29. The highest BCUT2D eigenvalue weighted by molar-refractivity contribution is 5.99. The largest absolute Gasteiger partial charge is 0.483 e. The highest BCUT2D eigenvalue weighted by atomic mass is 16.6. The van der Waals surface area contributed by atoms with Gasteiger partial charge in [0.15, 0.2) is 6.61 Å². The third-order valence-electron chi connectivity index (χ3n) is 9.85. The predicted octanol–water partition coefficient (Wildman–Crippen LogP) is 1.75. The molecule has 4 fully saturated rings. The van der Waals surface area contributed by atoms with E-state index in [-0.39, 0.29) is 74.0 Å². The Morgan fingerprint density at radius 1 is 0.959 bits per heavy atom. The van der Waals surface area contributed by atoms with Crippen LogP contribution in [0.25, 0.3) is 10.9 Å². The Labute approximate surface area is 285 Å². The number of hydrogen-bond acceptors (Lipinski definition) is 9. The molecule has 2 aromatic rings. The van der Waals surface area contributed by atoms with Crippen molar-refractivity contribution in [1.29, 1.82) is 0 Å².